The summed E-state index contributed by atoms with van der Waals surface area (Å²) >= 11 is 0. The van der Waals surface area contributed by atoms with Gasteiger partial charge in [0.1, 0.15) is 17.6 Å². The monoisotopic (exact) mass is 276 g/mol. The molecule has 20 heavy (non-hydrogen) atoms. The predicted octanol–water partition coefficient (Wildman–Crippen LogP) is 1.07. The van der Waals surface area contributed by atoms with Gasteiger partial charge in [0.2, 0.25) is 0 Å². The van der Waals surface area contributed by atoms with E-state index in [4.69, 9.17) is 19.5 Å². The Morgan fingerprint density at radius 2 is 2.20 bits per heavy atom. The van der Waals surface area contributed by atoms with Crippen LogP contribution in [0.2, 0.25) is 0 Å². The number of benzene rings is 1. The molecule has 1 aromatic rings. The van der Waals surface area contributed by atoms with Crippen molar-refractivity contribution in [2.75, 3.05) is 40.0 Å². The van der Waals surface area contributed by atoms with Crippen molar-refractivity contribution in [2.24, 2.45) is 0 Å². The van der Waals surface area contributed by atoms with Crippen molar-refractivity contribution in [3.05, 3.63) is 23.8 Å². The molecule has 6 heteroatoms. The Balaban J connectivity index is 2.18. The number of hydrogen-bond donors (Lipinski definition) is 0. The van der Waals surface area contributed by atoms with Gasteiger partial charge in [-0.05, 0) is 12.1 Å². The van der Waals surface area contributed by atoms with Crippen LogP contribution < -0.4 is 9.47 Å². The Bertz CT molecular complexity index is 518. The summed E-state index contributed by atoms with van der Waals surface area (Å²) in [7, 11) is 1.50. The number of nitrogens with zero attached hydrogens (tertiary/aromatic N) is 2. The van der Waals surface area contributed by atoms with E-state index in [1.54, 1.807) is 23.1 Å². The molecule has 1 amide bonds. The number of carbonyl (C=O) groups excluding carboxylic acids is 1. The largest absolute Gasteiger partial charge is 0.496 e. The normalized spacial score (nSPS) is 14.5. The van der Waals surface area contributed by atoms with Crippen LogP contribution in [0.4, 0.5) is 0 Å². The van der Waals surface area contributed by atoms with Crippen LogP contribution in [0.3, 0.4) is 0 Å². The molecule has 0 saturated carbocycles. The van der Waals surface area contributed by atoms with E-state index in [1.807, 2.05) is 6.07 Å². The van der Waals surface area contributed by atoms with Gasteiger partial charge in [0.05, 0.1) is 25.9 Å². The summed E-state index contributed by atoms with van der Waals surface area (Å²) < 4.78 is 15.7. The molecule has 1 saturated heterocycles. The van der Waals surface area contributed by atoms with Crippen LogP contribution in [0.1, 0.15) is 10.4 Å². The smallest absolute Gasteiger partial charge is 0.257 e. The van der Waals surface area contributed by atoms with Crippen molar-refractivity contribution in [1.29, 1.82) is 5.26 Å². The minimum Gasteiger partial charge on any atom is -0.496 e. The Hall–Kier alpha value is -2.26. The summed E-state index contributed by atoms with van der Waals surface area (Å²) in [6, 6.07) is 6.82. The van der Waals surface area contributed by atoms with Gasteiger partial charge in [-0.15, -0.1) is 0 Å². The van der Waals surface area contributed by atoms with Gasteiger partial charge >= 0.3 is 0 Å². The highest BCUT2D eigenvalue weighted by Gasteiger charge is 2.21. The van der Waals surface area contributed by atoms with Crippen LogP contribution in [0.25, 0.3) is 0 Å². The molecule has 1 heterocycles. The lowest BCUT2D eigenvalue weighted by Crippen LogP contribution is -2.40. The van der Waals surface area contributed by atoms with Gasteiger partial charge in [-0.25, -0.2) is 0 Å². The Morgan fingerprint density at radius 3 is 2.85 bits per heavy atom. The molecule has 1 aromatic carbocycles. The van der Waals surface area contributed by atoms with E-state index < -0.39 is 0 Å². The molecule has 6 nitrogen and oxygen atoms in total. The number of carbonyl (C=O) groups is 1. The third-order valence-electron chi connectivity index (χ3n) is 3.01. The second kappa shape index (κ2) is 6.78. The molecule has 0 unspecified atom stereocenters. The number of rotatable bonds is 4. The average Bonchev–Trinajstić information content (AvgIpc) is 2.52. The number of morpholine rings is 1. The van der Waals surface area contributed by atoms with E-state index in [1.165, 1.54) is 7.11 Å². The van der Waals surface area contributed by atoms with E-state index in [9.17, 15) is 4.79 Å². The van der Waals surface area contributed by atoms with Gasteiger partial charge in [-0.3, -0.25) is 4.79 Å². The molecule has 0 bridgehead atoms. The van der Waals surface area contributed by atoms with Crippen molar-refractivity contribution in [3.8, 4) is 17.6 Å². The lowest BCUT2D eigenvalue weighted by Gasteiger charge is -2.27. The number of hydrogen-bond acceptors (Lipinski definition) is 5. The first-order valence-electron chi connectivity index (χ1n) is 6.31. The fourth-order valence-corrected chi connectivity index (χ4v) is 1.99. The fraction of sp³-hybridized carbons (Fsp3) is 0.429. The van der Waals surface area contributed by atoms with E-state index in [0.717, 1.165) is 0 Å². The van der Waals surface area contributed by atoms with Crippen LogP contribution in [-0.2, 0) is 4.74 Å². The first-order valence-corrected chi connectivity index (χ1v) is 6.31. The van der Waals surface area contributed by atoms with Crippen molar-refractivity contribution < 1.29 is 19.0 Å². The summed E-state index contributed by atoms with van der Waals surface area (Å²) in [6.07, 6.45) is 0. The lowest BCUT2D eigenvalue weighted by atomic mass is 10.1. The summed E-state index contributed by atoms with van der Waals surface area (Å²) in [5.41, 5.74) is 0.485. The SMILES string of the molecule is COc1cc(OCC#N)ccc1C(=O)N1CCOCC1. The second-order valence-corrected chi connectivity index (χ2v) is 4.21. The molecule has 0 aliphatic carbocycles. The maximum Gasteiger partial charge on any atom is 0.257 e. The highest BCUT2D eigenvalue weighted by molar-refractivity contribution is 5.97. The highest BCUT2D eigenvalue weighted by Crippen LogP contribution is 2.26. The highest BCUT2D eigenvalue weighted by atomic mass is 16.5. The Morgan fingerprint density at radius 1 is 1.45 bits per heavy atom. The summed E-state index contributed by atoms with van der Waals surface area (Å²) in [5.74, 6) is 0.857. The third kappa shape index (κ3) is 3.19. The third-order valence-corrected chi connectivity index (χ3v) is 3.01. The first kappa shape index (κ1) is 14.2. The van der Waals surface area contributed by atoms with Gasteiger partial charge in [0.25, 0.3) is 5.91 Å². The zero-order valence-corrected chi connectivity index (χ0v) is 11.3. The van der Waals surface area contributed by atoms with Crippen LogP contribution in [0.5, 0.6) is 11.5 Å². The van der Waals surface area contributed by atoms with Gasteiger partial charge in [-0.2, -0.15) is 5.26 Å². The van der Waals surface area contributed by atoms with Crippen LogP contribution in [0.15, 0.2) is 18.2 Å². The van der Waals surface area contributed by atoms with Crippen molar-refractivity contribution in [3.63, 3.8) is 0 Å². The van der Waals surface area contributed by atoms with E-state index in [-0.39, 0.29) is 12.5 Å². The summed E-state index contributed by atoms with van der Waals surface area (Å²) in [5, 5.41) is 8.49. The topological polar surface area (TPSA) is 71.8 Å². The van der Waals surface area contributed by atoms with Crippen molar-refractivity contribution >= 4 is 5.91 Å². The first-order chi connectivity index (χ1) is 9.76. The predicted molar refractivity (Wildman–Crippen MR) is 70.8 cm³/mol. The zero-order chi connectivity index (χ0) is 14.4. The summed E-state index contributed by atoms with van der Waals surface area (Å²) in [6.45, 7) is 2.22. The lowest BCUT2D eigenvalue weighted by molar-refractivity contribution is 0.0301. The second-order valence-electron chi connectivity index (χ2n) is 4.21. The maximum atomic E-state index is 12.4. The standard InChI is InChI=1S/C14H16N2O4/c1-18-13-10-11(20-7-4-15)2-3-12(13)14(17)16-5-8-19-9-6-16/h2-3,10H,5-9H2,1H3. The quantitative estimate of drug-likeness (QED) is 0.822. The molecule has 0 aromatic heterocycles. The maximum absolute atomic E-state index is 12.4. The van der Waals surface area contributed by atoms with E-state index >= 15 is 0 Å². The van der Waals surface area contributed by atoms with Gasteiger partial charge in [0, 0.05) is 19.2 Å². The van der Waals surface area contributed by atoms with Gasteiger partial charge in [0.15, 0.2) is 6.61 Å². The molecule has 1 aliphatic rings. The van der Waals surface area contributed by atoms with Crippen molar-refractivity contribution in [1.82, 2.24) is 4.90 Å². The van der Waals surface area contributed by atoms with Crippen LogP contribution in [0, 0.1) is 11.3 Å². The zero-order valence-electron chi connectivity index (χ0n) is 11.3. The Labute approximate surface area is 117 Å². The molecule has 1 fully saturated rings. The van der Waals surface area contributed by atoms with Crippen molar-refractivity contribution in [2.45, 2.75) is 0 Å². The summed E-state index contributed by atoms with van der Waals surface area (Å²) in [4.78, 5) is 14.1. The molecule has 0 N–H and O–H groups in total. The van der Waals surface area contributed by atoms with E-state index in [0.29, 0.717) is 43.4 Å². The molecule has 1 aliphatic heterocycles. The van der Waals surface area contributed by atoms with Gasteiger partial charge in [-0.1, -0.05) is 0 Å². The fourth-order valence-electron chi connectivity index (χ4n) is 1.99. The number of nitriles is 1. The minimum absolute atomic E-state index is 0.0418. The van der Waals surface area contributed by atoms with Crippen LogP contribution in [-0.4, -0.2) is 50.8 Å². The molecule has 0 radical (unpaired) electrons. The number of ether oxygens (including phenoxy) is 3. The van der Waals surface area contributed by atoms with Gasteiger partial charge < -0.3 is 19.1 Å². The number of amides is 1. The molecule has 106 valence electrons. The molecule has 0 spiro atoms. The molecule has 0 atom stereocenters. The Kier molecular flexibility index (Phi) is 4.80. The molecule has 2 rings (SSSR count). The molecular weight excluding hydrogens is 260 g/mol. The average molecular weight is 276 g/mol. The van der Waals surface area contributed by atoms with E-state index in [2.05, 4.69) is 0 Å². The van der Waals surface area contributed by atoms with Crippen LogP contribution >= 0.6 is 0 Å². The minimum atomic E-state index is -0.0861. The molecular formula is C14H16N2O4. The number of methoxy groups -OCH3 is 1.